The van der Waals surface area contributed by atoms with Crippen molar-refractivity contribution < 1.29 is 17.9 Å². The summed E-state index contributed by atoms with van der Waals surface area (Å²) in [4.78, 5) is 0. The number of para-hydroxylation sites is 1. The Morgan fingerprint density at radius 2 is 1.83 bits per heavy atom. The van der Waals surface area contributed by atoms with Crippen molar-refractivity contribution in [2.24, 2.45) is 5.92 Å². The molecule has 1 aromatic rings. The van der Waals surface area contributed by atoms with Crippen molar-refractivity contribution in [3.8, 4) is 5.75 Å². The third-order valence-electron chi connectivity index (χ3n) is 3.01. The van der Waals surface area contributed by atoms with E-state index < -0.39 is 6.36 Å². The maximum atomic E-state index is 12.3. The number of benzene rings is 1. The second kappa shape index (κ2) is 6.09. The molecule has 1 aromatic carbocycles. The molecule has 0 aliphatic carbocycles. The summed E-state index contributed by atoms with van der Waals surface area (Å²) in [5.41, 5.74) is 0.581. The number of hydrogen-bond acceptors (Lipinski definition) is 2. The summed E-state index contributed by atoms with van der Waals surface area (Å²) in [6.07, 6.45) is -4.65. The highest BCUT2D eigenvalue weighted by Crippen LogP contribution is 2.34. The van der Waals surface area contributed by atoms with Gasteiger partial charge in [-0.1, -0.05) is 32.0 Å². The van der Waals surface area contributed by atoms with Gasteiger partial charge in [-0.15, -0.1) is 13.2 Å². The molecular weight excluding hydrogens is 243 g/mol. The van der Waals surface area contributed by atoms with Gasteiger partial charge in [0, 0.05) is 0 Å². The van der Waals surface area contributed by atoms with Crippen LogP contribution in [-0.2, 0) is 0 Å². The van der Waals surface area contributed by atoms with Crippen LogP contribution in [0.4, 0.5) is 13.2 Å². The Hall–Kier alpha value is -1.23. The normalized spacial score (nSPS) is 15.2. The largest absolute Gasteiger partial charge is 0.573 e. The van der Waals surface area contributed by atoms with Crippen LogP contribution in [0.1, 0.15) is 25.3 Å². The zero-order chi connectivity index (χ0) is 13.8. The molecule has 0 aliphatic heterocycles. The lowest BCUT2D eigenvalue weighted by Crippen LogP contribution is -2.23. The summed E-state index contributed by atoms with van der Waals surface area (Å²) in [5.74, 6) is 0.0874. The van der Waals surface area contributed by atoms with Crippen molar-refractivity contribution in [2.75, 3.05) is 13.6 Å². The minimum atomic E-state index is -4.65. The zero-order valence-electron chi connectivity index (χ0n) is 10.7. The Kier molecular flexibility index (Phi) is 5.02. The molecule has 0 saturated heterocycles. The third-order valence-corrected chi connectivity index (χ3v) is 3.01. The molecule has 1 rings (SSSR count). The lowest BCUT2D eigenvalue weighted by Gasteiger charge is -2.23. The standard InChI is InChI=1S/C13H18F3NO/c1-9(8-17-3)10(2)11-6-4-5-7-12(11)18-13(14,15)16/h4-7,9-10,17H,8H2,1-3H3. The van der Waals surface area contributed by atoms with Gasteiger partial charge in [0.05, 0.1) is 0 Å². The summed E-state index contributed by atoms with van der Waals surface area (Å²) in [6, 6.07) is 6.30. The lowest BCUT2D eigenvalue weighted by atomic mass is 9.88. The molecule has 2 unspecified atom stereocenters. The van der Waals surface area contributed by atoms with Crippen molar-refractivity contribution in [1.29, 1.82) is 0 Å². The fraction of sp³-hybridized carbons (Fsp3) is 0.538. The van der Waals surface area contributed by atoms with Crippen molar-refractivity contribution in [3.63, 3.8) is 0 Å². The fourth-order valence-corrected chi connectivity index (χ4v) is 1.88. The summed E-state index contributed by atoms with van der Waals surface area (Å²) in [5, 5.41) is 3.02. The van der Waals surface area contributed by atoms with Crippen molar-refractivity contribution in [2.45, 2.75) is 26.1 Å². The van der Waals surface area contributed by atoms with Gasteiger partial charge in [-0.3, -0.25) is 0 Å². The Balaban J connectivity index is 2.94. The summed E-state index contributed by atoms with van der Waals surface area (Å²) >= 11 is 0. The Morgan fingerprint density at radius 1 is 1.22 bits per heavy atom. The van der Waals surface area contributed by atoms with Crippen LogP contribution in [0.2, 0.25) is 0 Å². The van der Waals surface area contributed by atoms with Gasteiger partial charge in [-0.2, -0.15) is 0 Å². The zero-order valence-corrected chi connectivity index (χ0v) is 10.7. The molecule has 0 fully saturated rings. The number of hydrogen-bond donors (Lipinski definition) is 1. The first-order valence-electron chi connectivity index (χ1n) is 5.84. The van der Waals surface area contributed by atoms with Crippen LogP contribution in [0.3, 0.4) is 0 Å². The molecule has 102 valence electrons. The van der Waals surface area contributed by atoms with Crippen LogP contribution in [0.25, 0.3) is 0 Å². The van der Waals surface area contributed by atoms with Crippen molar-refractivity contribution in [1.82, 2.24) is 5.32 Å². The van der Waals surface area contributed by atoms with Crippen LogP contribution in [0.15, 0.2) is 24.3 Å². The van der Waals surface area contributed by atoms with E-state index in [0.717, 1.165) is 6.54 Å². The quantitative estimate of drug-likeness (QED) is 0.875. The second-order valence-electron chi connectivity index (χ2n) is 4.41. The van der Waals surface area contributed by atoms with E-state index in [0.29, 0.717) is 5.56 Å². The molecule has 0 aromatic heterocycles. The van der Waals surface area contributed by atoms with E-state index >= 15 is 0 Å². The van der Waals surface area contributed by atoms with Gasteiger partial charge in [-0.05, 0) is 37.1 Å². The highest BCUT2D eigenvalue weighted by atomic mass is 19.4. The van der Waals surface area contributed by atoms with E-state index in [9.17, 15) is 13.2 Å². The molecule has 1 N–H and O–H groups in total. The summed E-state index contributed by atoms with van der Waals surface area (Å²) in [6.45, 7) is 4.63. The molecule has 0 radical (unpaired) electrons. The minimum Gasteiger partial charge on any atom is -0.405 e. The maximum absolute atomic E-state index is 12.3. The molecule has 18 heavy (non-hydrogen) atoms. The molecule has 2 nitrogen and oxygen atoms in total. The molecule has 0 bridgehead atoms. The molecule has 0 aliphatic rings. The van der Waals surface area contributed by atoms with Gasteiger partial charge in [0.1, 0.15) is 5.75 Å². The highest BCUT2D eigenvalue weighted by Gasteiger charge is 2.32. The first-order chi connectivity index (χ1) is 8.35. The fourth-order valence-electron chi connectivity index (χ4n) is 1.88. The van der Waals surface area contributed by atoms with Crippen LogP contribution < -0.4 is 10.1 Å². The van der Waals surface area contributed by atoms with Gasteiger partial charge in [0.2, 0.25) is 0 Å². The molecule has 0 saturated carbocycles. The van der Waals surface area contributed by atoms with Gasteiger partial charge in [0.15, 0.2) is 0 Å². The minimum absolute atomic E-state index is 0.0176. The summed E-state index contributed by atoms with van der Waals surface area (Å²) < 4.78 is 41.0. The second-order valence-corrected chi connectivity index (χ2v) is 4.41. The van der Waals surface area contributed by atoms with E-state index in [4.69, 9.17) is 0 Å². The molecule has 2 atom stereocenters. The highest BCUT2D eigenvalue weighted by molar-refractivity contribution is 5.36. The van der Waals surface area contributed by atoms with Gasteiger partial charge >= 0.3 is 6.36 Å². The predicted molar refractivity (Wildman–Crippen MR) is 64.6 cm³/mol. The monoisotopic (exact) mass is 261 g/mol. The van der Waals surface area contributed by atoms with Crippen LogP contribution in [0, 0.1) is 5.92 Å². The third kappa shape index (κ3) is 4.22. The van der Waals surface area contributed by atoms with E-state index in [-0.39, 0.29) is 17.6 Å². The Labute approximate surface area is 105 Å². The van der Waals surface area contributed by atoms with Gasteiger partial charge in [-0.25, -0.2) is 0 Å². The number of nitrogens with one attached hydrogen (secondary N) is 1. The van der Waals surface area contributed by atoms with E-state index in [1.54, 1.807) is 18.2 Å². The average Bonchev–Trinajstić information content (AvgIpc) is 2.27. The first-order valence-corrected chi connectivity index (χ1v) is 5.84. The number of halogens is 3. The first kappa shape index (κ1) is 14.8. The Bertz CT molecular complexity index is 379. The van der Waals surface area contributed by atoms with E-state index in [1.807, 2.05) is 20.9 Å². The summed E-state index contributed by atoms with van der Waals surface area (Å²) in [7, 11) is 1.82. The van der Waals surface area contributed by atoms with Crippen LogP contribution in [-0.4, -0.2) is 20.0 Å². The van der Waals surface area contributed by atoms with Crippen LogP contribution in [0.5, 0.6) is 5.75 Å². The van der Waals surface area contributed by atoms with E-state index in [2.05, 4.69) is 10.1 Å². The van der Waals surface area contributed by atoms with Crippen molar-refractivity contribution >= 4 is 0 Å². The smallest absolute Gasteiger partial charge is 0.405 e. The molecule has 0 amide bonds. The Morgan fingerprint density at radius 3 is 2.39 bits per heavy atom. The topological polar surface area (TPSA) is 21.3 Å². The lowest BCUT2D eigenvalue weighted by molar-refractivity contribution is -0.275. The maximum Gasteiger partial charge on any atom is 0.573 e. The predicted octanol–water partition coefficient (Wildman–Crippen LogP) is 3.54. The number of rotatable bonds is 5. The SMILES string of the molecule is CNCC(C)C(C)c1ccccc1OC(F)(F)F. The van der Waals surface area contributed by atoms with Crippen molar-refractivity contribution in [3.05, 3.63) is 29.8 Å². The van der Waals surface area contributed by atoms with Gasteiger partial charge in [0.25, 0.3) is 0 Å². The molecular formula is C13H18F3NO. The molecule has 0 spiro atoms. The van der Waals surface area contributed by atoms with Crippen LogP contribution >= 0.6 is 0 Å². The number of alkyl halides is 3. The van der Waals surface area contributed by atoms with E-state index in [1.165, 1.54) is 6.07 Å². The van der Waals surface area contributed by atoms with Gasteiger partial charge < -0.3 is 10.1 Å². The molecule has 0 heterocycles. The average molecular weight is 261 g/mol. The number of ether oxygens (including phenoxy) is 1. The molecule has 5 heteroatoms.